The van der Waals surface area contributed by atoms with Gasteiger partial charge in [-0.2, -0.15) is 0 Å². The van der Waals surface area contributed by atoms with Gasteiger partial charge in [0.05, 0.1) is 12.1 Å². The highest BCUT2D eigenvalue weighted by atomic mass is 16.3. The topological polar surface area (TPSA) is 52.6 Å². The minimum Gasteiger partial charge on any atom is -0.392 e. The molecule has 2 N–H and O–H groups in total. The predicted molar refractivity (Wildman–Crippen MR) is 80.3 cm³/mol. The molecule has 0 spiro atoms. The molecule has 0 radical (unpaired) electrons. The summed E-state index contributed by atoms with van der Waals surface area (Å²) in [4.78, 5) is 14.4. The predicted octanol–water partition coefficient (Wildman–Crippen LogP) is 1.63. The van der Waals surface area contributed by atoms with Crippen LogP contribution < -0.4 is 5.32 Å². The van der Waals surface area contributed by atoms with Crippen molar-refractivity contribution in [3.05, 3.63) is 0 Å². The number of nitrogens with zero attached hydrogens (tertiary/aromatic N) is 1. The van der Waals surface area contributed by atoms with E-state index in [1.54, 1.807) is 0 Å². The van der Waals surface area contributed by atoms with Crippen molar-refractivity contribution < 1.29 is 9.90 Å². The maximum Gasteiger partial charge on any atom is 0.239 e. The Kier molecular flexibility index (Phi) is 4.75. The molecule has 0 unspecified atom stereocenters. The Morgan fingerprint density at radius 1 is 1.30 bits per heavy atom. The standard InChI is InChI=1S/C16H30N2O2/c1-11(16(2,3)4)12-5-7-18(8-6-12)15(20)14-9-13(19)10-17-14/h11-14,17,19H,5-10H2,1-4H3/t11-,13-,14-/m1/s1. The molecule has 4 nitrogen and oxygen atoms in total. The first kappa shape index (κ1) is 15.8. The number of amides is 1. The summed E-state index contributed by atoms with van der Waals surface area (Å²) in [6.45, 7) is 11.6. The van der Waals surface area contributed by atoms with Gasteiger partial charge in [0.2, 0.25) is 5.91 Å². The molecule has 116 valence electrons. The molecular formula is C16H30N2O2. The van der Waals surface area contributed by atoms with E-state index in [0.717, 1.165) is 31.8 Å². The van der Waals surface area contributed by atoms with E-state index >= 15 is 0 Å². The lowest BCUT2D eigenvalue weighted by atomic mass is 9.71. The van der Waals surface area contributed by atoms with Gasteiger partial charge in [-0.3, -0.25) is 4.79 Å². The number of nitrogens with one attached hydrogen (secondary N) is 1. The average Bonchev–Trinajstić information content (AvgIpc) is 2.83. The van der Waals surface area contributed by atoms with Crippen LogP contribution >= 0.6 is 0 Å². The van der Waals surface area contributed by atoms with Crippen LogP contribution in [0.3, 0.4) is 0 Å². The Morgan fingerprint density at radius 2 is 1.90 bits per heavy atom. The highest BCUT2D eigenvalue weighted by Crippen LogP contribution is 2.37. The minimum atomic E-state index is -0.359. The molecule has 0 saturated carbocycles. The molecule has 2 saturated heterocycles. The van der Waals surface area contributed by atoms with Gasteiger partial charge in [-0.05, 0) is 36.5 Å². The van der Waals surface area contributed by atoms with E-state index < -0.39 is 0 Å². The molecule has 0 aromatic heterocycles. The number of aliphatic hydroxyl groups excluding tert-OH is 1. The summed E-state index contributed by atoms with van der Waals surface area (Å²) < 4.78 is 0. The van der Waals surface area contributed by atoms with Crippen molar-refractivity contribution in [2.45, 2.75) is 59.1 Å². The zero-order chi connectivity index (χ0) is 14.9. The number of hydrogen-bond donors (Lipinski definition) is 2. The first-order valence-corrected chi connectivity index (χ1v) is 7.99. The molecule has 2 heterocycles. The van der Waals surface area contributed by atoms with Gasteiger partial charge in [-0.25, -0.2) is 0 Å². The molecule has 0 aliphatic carbocycles. The summed E-state index contributed by atoms with van der Waals surface area (Å²) >= 11 is 0. The van der Waals surface area contributed by atoms with E-state index in [2.05, 4.69) is 33.0 Å². The molecule has 2 rings (SSSR count). The van der Waals surface area contributed by atoms with Gasteiger partial charge in [0.15, 0.2) is 0 Å². The van der Waals surface area contributed by atoms with Crippen LogP contribution in [0.1, 0.15) is 47.0 Å². The zero-order valence-corrected chi connectivity index (χ0v) is 13.4. The van der Waals surface area contributed by atoms with Crippen LogP contribution in [0.4, 0.5) is 0 Å². The molecule has 1 amide bonds. The average molecular weight is 282 g/mol. The molecule has 4 heteroatoms. The first-order chi connectivity index (χ1) is 9.29. The monoisotopic (exact) mass is 282 g/mol. The number of rotatable bonds is 2. The van der Waals surface area contributed by atoms with Crippen LogP contribution in [0.2, 0.25) is 0 Å². The fourth-order valence-corrected chi connectivity index (χ4v) is 3.45. The molecule has 0 aromatic carbocycles. The van der Waals surface area contributed by atoms with Crippen molar-refractivity contribution in [2.24, 2.45) is 17.3 Å². The van der Waals surface area contributed by atoms with E-state index in [-0.39, 0.29) is 18.1 Å². The lowest BCUT2D eigenvalue weighted by Gasteiger charge is -2.40. The number of carbonyl (C=O) groups is 1. The second-order valence-corrected chi connectivity index (χ2v) is 7.67. The van der Waals surface area contributed by atoms with Crippen molar-refractivity contribution in [3.63, 3.8) is 0 Å². The van der Waals surface area contributed by atoms with Crippen molar-refractivity contribution >= 4 is 5.91 Å². The normalized spacial score (nSPS) is 30.6. The van der Waals surface area contributed by atoms with Gasteiger partial charge in [0.1, 0.15) is 0 Å². The zero-order valence-electron chi connectivity index (χ0n) is 13.4. The molecule has 20 heavy (non-hydrogen) atoms. The Bertz CT molecular complexity index is 343. The summed E-state index contributed by atoms with van der Waals surface area (Å²) in [5, 5.41) is 12.6. The van der Waals surface area contributed by atoms with Gasteiger partial charge in [0.25, 0.3) is 0 Å². The van der Waals surface area contributed by atoms with Crippen LogP contribution in [-0.2, 0) is 4.79 Å². The Hall–Kier alpha value is -0.610. The smallest absolute Gasteiger partial charge is 0.239 e. The summed E-state index contributed by atoms with van der Waals surface area (Å²) in [5.41, 5.74) is 0.341. The van der Waals surface area contributed by atoms with Gasteiger partial charge < -0.3 is 15.3 Å². The van der Waals surface area contributed by atoms with Gasteiger partial charge in [-0.1, -0.05) is 27.7 Å². The molecule has 2 fully saturated rings. The maximum atomic E-state index is 12.4. The third kappa shape index (κ3) is 3.53. The van der Waals surface area contributed by atoms with Crippen molar-refractivity contribution in [3.8, 4) is 0 Å². The Labute approximate surface area is 122 Å². The highest BCUT2D eigenvalue weighted by Gasteiger charge is 2.35. The van der Waals surface area contributed by atoms with E-state index in [1.165, 1.54) is 0 Å². The van der Waals surface area contributed by atoms with Crippen molar-refractivity contribution in [1.29, 1.82) is 0 Å². The fourth-order valence-electron chi connectivity index (χ4n) is 3.45. The quantitative estimate of drug-likeness (QED) is 0.809. The molecule has 2 aliphatic heterocycles. The third-order valence-corrected chi connectivity index (χ3v) is 5.33. The van der Waals surface area contributed by atoms with Gasteiger partial charge in [0, 0.05) is 19.6 Å². The second-order valence-electron chi connectivity index (χ2n) is 7.67. The maximum absolute atomic E-state index is 12.4. The van der Waals surface area contributed by atoms with Crippen LogP contribution in [0.15, 0.2) is 0 Å². The lowest BCUT2D eigenvalue weighted by Crippen LogP contribution is -2.48. The third-order valence-electron chi connectivity index (χ3n) is 5.33. The van der Waals surface area contributed by atoms with E-state index in [1.807, 2.05) is 4.90 Å². The van der Waals surface area contributed by atoms with E-state index in [9.17, 15) is 9.90 Å². The molecule has 0 aromatic rings. The van der Waals surface area contributed by atoms with Gasteiger partial charge >= 0.3 is 0 Å². The number of β-amino-alcohol motifs (C(OH)–C–C–N with tert-alkyl or cyclic N) is 1. The van der Waals surface area contributed by atoms with E-state index in [4.69, 9.17) is 0 Å². The van der Waals surface area contributed by atoms with Crippen LogP contribution in [0.25, 0.3) is 0 Å². The van der Waals surface area contributed by atoms with Crippen LogP contribution in [0, 0.1) is 17.3 Å². The summed E-state index contributed by atoms with van der Waals surface area (Å²) in [7, 11) is 0. The first-order valence-electron chi connectivity index (χ1n) is 7.99. The highest BCUT2D eigenvalue weighted by molar-refractivity contribution is 5.82. The lowest BCUT2D eigenvalue weighted by molar-refractivity contribution is -0.135. The number of piperidine rings is 1. The Balaban J connectivity index is 1.84. The largest absolute Gasteiger partial charge is 0.392 e. The Morgan fingerprint density at radius 3 is 2.35 bits per heavy atom. The number of hydrogen-bond acceptors (Lipinski definition) is 3. The summed E-state index contributed by atoms with van der Waals surface area (Å²) in [6.07, 6.45) is 2.43. The molecule has 0 bridgehead atoms. The van der Waals surface area contributed by atoms with Gasteiger partial charge in [-0.15, -0.1) is 0 Å². The second kappa shape index (κ2) is 6.02. The van der Waals surface area contributed by atoms with Crippen molar-refractivity contribution in [1.82, 2.24) is 10.2 Å². The summed E-state index contributed by atoms with van der Waals surface area (Å²) in [6, 6.07) is -0.165. The SMILES string of the molecule is C[C@H](C1CCN(C(=O)[C@H]2C[C@@H](O)CN2)CC1)C(C)(C)C. The number of carbonyl (C=O) groups excluding carboxylic acids is 1. The summed E-state index contributed by atoms with van der Waals surface area (Å²) in [5.74, 6) is 1.59. The molecule has 2 aliphatic rings. The van der Waals surface area contributed by atoms with Crippen molar-refractivity contribution in [2.75, 3.05) is 19.6 Å². The fraction of sp³-hybridized carbons (Fsp3) is 0.938. The van der Waals surface area contributed by atoms with Crippen LogP contribution in [0.5, 0.6) is 0 Å². The molecule has 3 atom stereocenters. The van der Waals surface area contributed by atoms with E-state index in [0.29, 0.717) is 24.3 Å². The molecular weight excluding hydrogens is 252 g/mol. The minimum absolute atomic E-state index is 0.165. The van der Waals surface area contributed by atoms with Crippen LogP contribution in [-0.4, -0.2) is 47.7 Å². The number of likely N-dealkylation sites (tertiary alicyclic amines) is 1. The number of aliphatic hydroxyl groups is 1.